The number of hydrogen-bond acceptors (Lipinski definition) is 5. The van der Waals surface area contributed by atoms with E-state index < -0.39 is 0 Å². The first-order chi connectivity index (χ1) is 9.22. The predicted octanol–water partition coefficient (Wildman–Crippen LogP) is 2.88. The first kappa shape index (κ1) is 14.3. The number of hydrogen-bond donors (Lipinski definition) is 0. The fraction of sp³-hybridized carbons (Fsp3) is 0.714. The lowest BCUT2D eigenvalue weighted by Crippen LogP contribution is -2.19. The van der Waals surface area contributed by atoms with Crippen LogP contribution in [0, 0.1) is 5.92 Å². The van der Waals surface area contributed by atoms with Gasteiger partial charge in [0.15, 0.2) is 5.13 Å². The van der Waals surface area contributed by atoms with E-state index in [1.165, 1.54) is 12.8 Å². The molecule has 1 saturated heterocycles. The van der Waals surface area contributed by atoms with Crippen molar-refractivity contribution in [2.75, 3.05) is 24.6 Å². The molecule has 0 bridgehead atoms. The Labute approximate surface area is 118 Å². The van der Waals surface area contributed by atoms with Gasteiger partial charge >= 0.3 is 5.97 Å². The molecule has 2 heterocycles. The van der Waals surface area contributed by atoms with Crippen LogP contribution in [0.3, 0.4) is 0 Å². The zero-order chi connectivity index (χ0) is 13.7. The van der Waals surface area contributed by atoms with Gasteiger partial charge in [-0.2, -0.15) is 0 Å². The third kappa shape index (κ3) is 3.93. The van der Waals surface area contributed by atoms with Crippen molar-refractivity contribution in [1.29, 1.82) is 0 Å². The largest absolute Gasteiger partial charge is 0.466 e. The van der Waals surface area contributed by atoms with Crippen molar-refractivity contribution in [3.63, 3.8) is 0 Å². The fourth-order valence-electron chi connectivity index (χ4n) is 2.36. The van der Waals surface area contributed by atoms with Crippen LogP contribution in [0.25, 0.3) is 0 Å². The zero-order valence-corrected chi connectivity index (χ0v) is 12.5. The van der Waals surface area contributed by atoms with Gasteiger partial charge in [-0.05, 0) is 19.3 Å². The minimum absolute atomic E-state index is 0.135. The van der Waals surface area contributed by atoms with E-state index in [4.69, 9.17) is 4.74 Å². The highest BCUT2D eigenvalue weighted by Gasteiger charge is 2.23. The quantitative estimate of drug-likeness (QED) is 0.752. The van der Waals surface area contributed by atoms with Crippen molar-refractivity contribution in [1.82, 2.24) is 4.98 Å². The number of thiazole rings is 1. The van der Waals surface area contributed by atoms with Crippen LogP contribution in [-0.4, -0.2) is 30.6 Å². The maximum absolute atomic E-state index is 11.3. The van der Waals surface area contributed by atoms with Gasteiger partial charge in [-0.15, -0.1) is 11.3 Å². The Hall–Kier alpha value is -1.10. The lowest BCUT2D eigenvalue weighted by Gasteiger charge is -2.14. The number of aromatic nitrogens is 1. The molecule has 1 unspecified atom stereocenters. The summed E-state index contributed by atoms with van der Waals surface area (Å²) in [5.41, 5.74) is 1.01. The van der Waals surface area contributed by atoms with Crippen LogP contribution in [-0.2, 0) is 16.0 Å². The molecular formula is C14H22N2O2S. The molecule has 0 amide bonds. The van der Waals surface area contributed by atoms with E-state index in [1.54, 1.807) is 11.3 Å². The average molecular weight is 282 g/mol. The van der Waals surface area contributed by atoms with Gasteiger partial charge in [0, 0.05) is 24.9 Å². The van der Waals surface area contributed by atoms with Crippen LogP contribution in [0.15, 0.2) is 5.38 Å². The minimum Gasteiger partial charge on any atom is -0.466 e. The Bertz CT molecular complexity index is 419. The van der Waals surface area contributed by atoms with Crippen molar-refractivity contribution in [3.05, 3.63) is 11.1 Å². The number of nitrogens with zero attached hydrogens (tertiary/aromatic N) is 2. The number of carbonyl (C=O) groups excluding carboxylic acids is 1. The summed E-state index contributed by atoms with van der Waals surface area (Å²) in [7, 11) is 0. The number of anilines is 1. The van der Waals surface area contributed by atoms with E-state index in [1.807, 2.05) is 6.92 Å². The van der Waals surface area contributed by atoms with Crippen molar-refractivity contribution < 1.29 is 9.53 Å². The highest BCUT2D eigenvalue weighted by atomic mass is 32.1. The third-order valence-corrected chi connectivity index (χ3v) is 4.51. The summed E-state index contributed by atoms with van der Waals surface area (Å²) < 4.78 is 4.93. The van der Waals surface area contributed by atoms with Gasteiger partial charge in [0.2, 0.25) is 0 Å². The highest BCUT2D eigenvalue weighted by molar-refractivity contribution is 7.13. The molecule has 0 radical (unpaired) electrons. The van der Waals surface area contributed by atoms with Crippen LogP contribution >= 0.6 is 11.3 Å². The van der Waals surface area contributed by atoms with E-state index in [2.05, 4.69) is 22.2 Å². The van der Waals surface area contributed by atoms with E-state index in [-0.39, 0.29) is 5.97 Å². The SMILES string of the molecule is CCOC(=O)CCc1csc(N2CCC(CC)C2)n1. The molecule has 0 aliphatic carbocycles. The van der Waals surface area contributed by atoms with Crippen molar-refractivity contribution >= 4 is 22.4 Å². The smallest absolute Gasteiger partial charge is 0.306 e. The molecule has 0 N–H and O–H groups in total. The molecule has 1 aromatic rings. The second-order valence-electron chi connectivity index (χ2n) is 4.94. The standard InChI is InChI=1S/C14H22N2O2S/c1-3-11-7-8-16(9-11)14-15-12(10-19-14)5-6-13(17)18-4-2/h10-11H,3-9H2,1-2H3. The number of esters is 1. The Balaban J connectivity index is 1.84. The van der Waals surface area contributed by atoms with Crippen molar-refractivity contribution in [3.8, 4) is 0 Å². The van der Waals surface area contributed by atoms with Crippen LogP contribution in [0.4, 0.5) is 5.13 Å². The molecule has 1 aliphatic rings. The summed E-state index contributed by atoms with van der Waals surface area (Å²) >= 11 is 1.69. The predicted molar refractivity (Wildman–Crippen MR) is 77.7 cm³/mol. The highest BCUT2D eigenvalue weighted by Crippen LogP contribution is 2.28. The maximum Gasteiger partial charge on any atom is 0.306 e. The summed E-state index contributed by atoms with van der Waals surface area (Å²) in [4.78, 5) is 18.3. The number of carbonyl (C=O) groups is 1. The molecule has 2 rings (SSSR count). The molecule has 106 valence electrons. The molecule has 1 aliphatic heterocycles. The molecule has 0 spiro atoms. The monoisotopic (exact) mass is 282 g/mol. The van der Waals surface area contributed by atoms with Gasteiger partial charge in [0.05, 0.1) is 18.7 Å². The summed E-state index contributed by atoms with van der Waals surface area (Å²) in [6.07, 6.45) is 3.63. The first-order valence-corrected chi connectivity index (χ1v) is 7.95. The topological polar surface area (TPSA) is 42.4 Å². The van der Waals surface area contributed by atoms with E-state index in [9.17, 15) is 4.79 Å². The van der Waals surface area contributed by atoms with E-state index in [0.717, 1.165) is 29.8 Å². The summed E-state index contributed by atoms with van der Waals surface area (Å²) in [5, 5.41) is 3.17. The van der Waals surface area contributed by atoms with Gasteiger partial charge in [0.1, 0.15) is 0 Å². The second kappa shape index (κ2) is 6.89. The molecule has 4 nitrogen and oxygen atoms in total. The lowest BCUT2D eigenvalue weighted by molar-refractivity contribution is -0.143. The normalized spacial score (nSPS) is 18.8. The van der Waals surface area contributed by atoms with Gasteiger partial charge in [-0.25, -0.2) is 4.98 Å². The first-order valence-electron chi connectivity index (χ1n) is 7.07. The molecular weight excluding hydrogens is 260 g/mol. The number of ether oxygens (including phenoxy) is 1. The summed E-state index contributed by atoms with van der Waals surface area (Å²) in [6, 6.07) is 0. The Morgan fingerprint density at radius 2 is 2.42 bits per heavy atom. The molecule has 5 heteroatoms. The van der Waals surface area contributed by atoms with Gasteiger partial charge in [-0.1, -0.05) is 13.3 Å². The van der Waals surface area contributed by atoms with Crippen molar-refractivity contribution in [2.45, 2.75) is 39.5 Å². The van der Waals surface area contributed by atoms with Crippen LogP contribution in [0.1, 0.15) is 38.8 Å². The fourth-order valence-corrected chi connectivity index (χ4v) is 3.26. The van der Waals surface area contributed by atoms with Gasteiger partial charge in [0.25, 0.3) is 0 Å². The molecule has 0 saturated carbocycles. The Kier molecular flexibility index (Phi) is 5.19. The summed E-state index contributed by atoms with van der Waals surface area (Å²) in [5.74, 6) is 0.677. The Morgan fingerprint density at radius 3 is 3.11 bits per heavy atom. The summed E-state index contributed by atoms with van der Waals surface area (Å²) in [6.45, 7) is 6.77. The molecule has 1 atom stereocenters. The second-order valence-corrected chi connectivity index (χ2v) is 5.77. The Morgan fingerprint density at radius 1 is 1.58 bits per heavy atom. The molecule has 1 fully saturated rings. The number of aryl methyl sites for hydroxylation is 1. The van der Waals surface area contributed by atoms with Crippen LogP contribution in [0.5, 0.6) is 0 Å². The third-order valence-electron chi connectivity index (χ3n) is 3.56. The lowest BCUT2D eigenvalue weighted by atomic mass is 10.1. The molecule has 1 aromatic heterocycles. The van der Waals surface area contributed by atoms with E-state index >= 15 is 0 Å². The van der Waals surface area contributed by atoms with Crippen LogP contribution < -0.4 is 4.90 Å². The zero-order valence-electron chi connectivity index (χ0n) is 11.7. The molecule has 0 aromatic carbocycles. The average Bonchev–Trinajstić information content (AvgIpc) is 3.05. The maximum atomic E-state index is 11.3. The van der Waals surface area contributed by atoms with Gasteiger partial charge < -0.3 is 9.64 Å². The number of rotatable bonds is 6. The molecule has 19 heavy (non-hydrogen) atoms. The van der Waals surface area contributed by atoms with Crippen LogP contribution in [0.2, 0.25) is 0 Å². The van der Waals surface area contributed by atoms with E-state index in [0.29, 0.717) is 19.4 Å². The van der Waals surface area contributed by atoms with Gasteiger partial charge in [-0.3, -0.25) is 4.79 Å². The minimum atomic E-state index is -0.135. The van der Waals surface area contributed by atoms with Crippen molar-refractivity contribution in [2.24, 2.45) is 5.92 Å².